The highest BCUT2D eigenvalue weighted by atomic mass is 32.2. The van der Waals surface area contributed by atoms with Gasteiger partial charge in [-0.2, -0.15) is 4.31 Å². The molecule has 8 heteroatoms. The summed E-state index contributed by atoms with van der Waals surface area (Å²) in [7, 11) is -3.46. The number of benzene rings is 2. The summed E-state index contributed by atoms with van der Waals surface area (Å²) in [5.74, 6) is -0.263. The Morgan fingerprint density at radius 1 is 1.00 bits per heavy atom. The molecule has 4 rings (SSSR count). The minimum absolute atomic E-state index is 0.241. The summed E-state index contributed by atoms with van der Waals surface area (Å²) >= 11 is 0. The maximum atomic E-state index is 12.6. The van der Waals surface area contributed by atoms with Gasteiger partial charge in [0.1, 0.15) is 0 Å². The van der Waals surface area contributed by atoms with E-state index in [-0.39, 0.29) is 16.3 Å². The van der Waals surface area contributed by atoms with Gasteiger partial charge in [-0.1, -0.05) is 18.2 Å². The van der Waals surface area contributed by atoms with Gasteiger partial charge in [-0.25, -0.2) is 8.42 Å². The van der Waals surface area contributed by atoms with Crippen molar-refractivity contribution in [2.24, 2.45) is 4.99 Å². The van der Waals surface area contributed by atoms with Gasteiger partial charge in [0.25, 0.3) is 5.56 Å². The van der Waals surface area contributed by atoms with Gasteiger partial charge in [0, 0.05) is 30.1 Å². The fourth-order valence-corrected chi connectivity index (χ4v) is 4.85. The van der Waals surface area contributed by atoms with Gasteiger partial charge in [-0.05, 0) is 43.2 Å². The molecule has 0 amide bonds. The van der Waals surface area contributed by atoms with E-state index < -0.39 is 10.0 Å². The number of aromatic nitrogens is 1. The summed E-state index contributed by atoms with van der Waals surface area (Å²) < 4.78 is 26.6. The van der Waals surface area contributed by atoms with E-state index in [4.69, 9.17) is 0 Å². The molecular weight excluding hydrogens is 378 g/mol. The predicted octanol–water partition coefficient (Wildman–Crippen LogP) is 2.77. The molecule has 144 valence electrons. The molecule has 0 bridgehead atoms. The molecule has 1 saturated heterocycles. The van der Waals surface area contributed by atoms with E-state index in [1.165, 1.54) is 22.7 Å². The summed E-state index contributed by atoms with van der Waals surface area (Å²) in [6, 6.07) is 13.2. The van der Waals surface area contributed by atoms with Crippen LogP contribution in [0, 0.1) is 0 Å². The smallest absolute Gasteiger partial charge is 0.258 e. The summed E-state index contributed by atoms with van der Waals surface area (Å²) in [4.78, 5) is 18.9. The number of sulfonamides is 1. The van der Waals surface area contributed by atoms with Gasteiger partial charge < -0.3 is 5.11 Å². The van der Waals surface area contributed by atoms with Gasteiger partial charge >= 0.3 is 0 Å². The van der Waals surface area contributed by atoms with E-state index in [2.05, 4.69) is 9.98 Å². The molecule has 2 N–H and O–H groups in total. The van der Waals surface area contributed by atoms with Crippen LogP contribution in [-0.2, 0) is 10.0 Å². The summed E-state index contributed by atoms with van der Waals surface area (Å²) in [5.41, 5.74) is 0.556. The first-order valence-corrected chi connectivity index (χ1v) is 10.4. The van der Waals surface area contributed by atoms with Gasteiger partial charge in [0.15, 0.2) is 0 Å². The minimum Gasteiger partial charge on any atom is -0.494 e. The summed E-state index contributed by atoms with van der Waals surface area (Å²) in [6.07, 6.45) is 3.23. The molecule has 28 heavy (non-hydrogen) atoms. The van der Waals surface area contributed by atoms with E-state index >= 15 is 0 Å². The topological polar surface area (TPSA) is 103 Å². The molecule has 1 aliphatic heterocycles. The first kappa shape index (κ1) is 18.4. The molecule has 2 heterocycles. The van der Waals surface area contributed by atoms with E-state index in [1.807, 2.05) is 0 Å². The molecule has 0 atom stereocenters. The third-order valence-corrected chi connectivity index (χ3v) is 6.74. The zero-order chi connectivity index (χ0) is 19.7. The molecule has 1 aromatic heterocycles. The van der Waals surface area contributed by atoms with Crippen LogP contribution in [0.25, 0.3) is 10.8 Å². The molecule has 0 spiro atoms. The van der Waals surface area contributed by atoms with Crippen molar-refractivity contribution in [2.45, 2.75) is 17.7 Å². The molecule has 0 radical (unpaired) electrons. The van der Waals surface area contributed by atoms with Crippen LogP contribution in [0.2, 0.25) is 0 Å². The van der Waals surface area contributed by atoms with Gasteiger partial charge in [-0.3, -0.25) is 14.8 Å². The highest BCUT2D eigenvalue weighted by Gasteiger charge is 2.26. The molecule has 1 fully saturated rings. The molecule has 1 aliphatic rings. The number of hydrogen-bond acceptors (Lipinski definition) is 5. The van der Waals surface area contributed by atoms with Crippen LogP contribution in [0.1, 0.15) is 18.4 Å². The van der Waals surface area contributed by atoms with Crippen LogP contribution in [0.4, 0.5) is 5.69 Å². The highest BCUT2D eigenvalue weighted by Crippen LogP contribution is 2.24. The lowest BCUT2D eigenvalue weighted by Gasteiger charge is -2.15. The van der Waals surface area contributed by atoms with Crippen molar-refractivity contribution >= 4 is 32.7 Å². The van der Waals surface area contributed by atoms with Gasteiger partial charge in [0.2, 0.25) is 15.9 Å². The minimum atomic E-state index is -3.46. The fourth-order valence-electron chi connectivity index (χ4n) is 3.34. The third-order valence-electron chi connectivity index (χ3n) is 4.83. The number of H-pyrrole nitrogens is 1. The number of hydrogen-bond donors (Lipinski definition) is 2. The van der Waals surface area contributed by atoms with Gasteiger partial charge in [-0.15, -0.1) is 0 Å². The van der Waals surface area contributed by atoms with Crippen LogP contribution in [0.5, 0.6) is 5.88 Å². The van der Waals surface area contributed by atoms with Crippen molar-refractivity contribution in [3.8, 4) is 5.88 Å². The third kappa shape index (κ3) is 3.32. The average Bonchev–Trinajstić information content (AvgIpc) is 3.24. The summed E-state index contributed by atoms with van der Waals surface area (Å²) in [6.45, 7) is 1.11. The number of nitrogens with zero attached hydrogens (tertiary/aromatic N) is 2. The Kier molecular flexibility index (Phi) is 4.74. The lowest BCUT2D eigenvalue weighted by molar-refractivity contribution is 0.452. The molecule has 7 nitrogen and oxygen atoms in total. The van der Waals surface area contributed by atoms with Crippen LogP contribution in [-0.4, -0.2) is 42.1 Å². The molecule has 0 unspecified atom stereocenters. The standard InChI is InChI=1S/C20H19N3O4S/c24-19-17-6-2-1-5-16(17)18(20(25)22-19)13-21-14-7-9-15(10-8-14)28(26,27)23-11-3-4-12-23/h1-2,5-10,13H,3-4,11-12H2,(H2,22,24,25). The van der Waals surface area contributed by atoms with Crippen LogP contribution in [0.15, 0.2) is 63.2 Å². The first-order chi connectivity index (χ1) is 13.5. The lowest BCUT2D eigenvalue weighted by Crippen LogP contribution is -2.27. The van der Waals surface area contributed by atoms with Crippen molar-refractivity contribution < 1.29 is 13.5 Å². The Labute approximate surface area is 162 Å². The maximum absolute atomic E-state index is 12.6. The second-order valence-corrected chi connectivity index (χ2v) is 8.56. The van der Waals surface area contributed by atoms with Crippen molar-refractivity contribution in [3.05, 3.63) is 64.4 Å². The largest absolute Gasteiger partial charge is 0.494 e. The zero-order valence-corrected chi connectivity index (χ0v) is 15.8. The van der Waals surface area contributed by atoms with Crippen LogP contribution >= 0.6 is 0 Å². The summed E-state index contributed by atoms with van der Waals surface area (Å²) in [5, 5.41) is 11.1. The Bertz CT molecular complexity index is 1210. The van der Waals surface area contributed by atoms with E-state index in [1.54, 1.807) is 36.4 Å². The highest BCUT2D eigenvalue weighted by molar-refractivity contribution is 7.89. The number of pyridine rings is 1. The zero-order valence-electron chi connectivity index (χ0n) is 15.0. The van der Waals surface area contributed by atoms with Crippen molar-refractivity contribution in [1.29, 1.82) is 0 Å². The molecule has 0 aliphatic carbocycles. The maximum Gasteiger partial charge on any atom is 0.258 e. The Hall–Kier alpha value is -2.97. The van der Waals surface area contributed by atoms with Crippen molar-refractivity contribution in [3.63, 3.8) is 0 Å². The van der Waals surface area contributed by atoms with Crippen molar-refractivity contribution in [2.75, 3.05) is 13.1 Å². The number of rotatable bonds is 4. The monoisotopic (exact) mass is 397 g/mol. The number of aromatic amines is 1. The first-order valence-electron chi connectivity index (χ1n) is 8.95. The van der Waals surface area contributed by atoms with E-state index in [9.17, 15) is 18.3 Å². The molecule has 0 saturated carbocycles. The predicted molar refractivity (Wildman–Crippen MR) is 108 cm³/mol. The second-order valence-electron chi connectivity index (χ2n) is 6.63. The normalized spacial score (nSPS) is 15.6. The van der Waals surface area contributed by atoms with Crippen LogP contribution in [0.3, 0.4) is 0 Å². The van der Waals surface area contributed by atoms with E-state index in [0.717, 1.165) is 12.8 Å². The fraction of sp³-hybridized carbons (Fsp3) is 0.200. The lowest BCUT2D eigenvalue weighted by atomic mass is 10.1. The molecule has 3 aromatic rings. The van der Waals surface area contributed by atoms with Gasteiger partial charge in [0.05, 0.1) is 16.1 Å². The average molecular weight is 397 g/mol. The van der Waals surface area contributed by atoms with Crippen LogP contribution < -0.4 is 5.56 Å². The Morgan fingerprint density at radius 2 is 1.64 bits per heavy atom. The second kappa shape index (κ2) is 7.21. The Morgan fingerprint density at radius 3 is 2.32 bits per heavy atom. The number of fused-ring (bicyclic) bond motifs is 1. The SMILES string of the molecule is O=c1[nH]c(O)c(C=Nc2ccc(S(=O)(=O)N3CCCC3)cc2)c2ccccc12. The Balaban J connectivity index is 1.65. The molecular formula is C20H19N3O4S. The van der Waals surface area contributed by atoms with Crippen molar-refractivity contribution in [1.82, 2.24) is 9.29 Å². The number of aromatic hydroxyl groups is 1. The molecule has 2 aromatic carbocycles. The number of aliphatic imine (C=N–C) groups is 1. The number of nitrogens with one attached hydrogen (secondary N) is 1. The quantitative estimate of drug-likeness (QED) is 0.661. The van der Waals surface area contributed by atoms with E-state index in [0.29, 0.717) is 35.1 Å².